The predicted molar refractivity (Wildman–Crippen MR) is 82.1 cm³/mol. The molecule has 0 amide bonds. The van der Waals surface area contributed by atoms with E-state index in [2.05, 4.69) is 20.7 Å². The third kappa shape index (κ3) is 3.39. The van der Waals surface area contributed by atoms with Gasteiger partial charge in [0.2, 0.25) is 0 Å². The predicted octanol–water partition coefficient (Wildman–Crippen LogP) is 3.05. The second-order valence-corrected chi connectivity index (χ2v) is 6.94. The van der Waals surface area contributed by atoms with E-state index in [9.17, 15) is 8.42 Å². The smallest absolute Gasteiger partial charge is 0.262 e. The van der Waals surface area contributed by atoms with Crippen molar-refractivity contribution in [2.24, 2.45) is 0 Å². The van der Waals surface area contributed by atoms with Gasteiger partial charge in [0.25, 0.3) is 10.0 Å². The van der Waals surface area contributed by atoms with Crippen molar-refractivity contribution in [3.63, 3.8) is 0 Å². The van der Waals surface area contributed by atoms with Gasteiger partial charge in [0.1, 0.15) is 0 Å². The second kappa shape index (κ2) is 5.95. The zero-order valence-corrected chi connectivity index (χ0v) is 13.2. The maximum absolute atomic E-state index is 12.4. The van der Waals surface area contributed by atoms with Crippen molar-refractivity contribution in [1.82, 2.24) is 0 Å². The standard InChI is InChI=1S/C14H14BrNO3S/c1-10-5-6-12(15)8-14(10)20(18,19)16-13-4-2-3-11(7-13)9-17/h2-8,16-17H,9H2,1H3. The van der Waals surface area contributed by atoms with Crippen molar-refractivity contribution in [3.05, 3.63) is 58.1 Å². The SMILES string of the molecule is Cc1ccc(Br)cc1S(=O)(=O)Nc1cccc(CO)c1. The quantitative estimate of drug-likeness (QED) is 0.885. The highest BCUT2D eigenvalue weighted by atomic mass is 79.9. The van der Waals surface area contributed by atoms with Crippen molar-refractivity contribution in [1.29, 1.82) is 0 Å². The van der Waals surface area contributed by atoms with E-state index in [1.54, 1.807) is 49.4 Å². The summed E-state index contributed by atoms with van der Waals surface area (Å²) in [7, 11) is -3.65. The summed E-state index contributed by atoms with van der Waals surface area (Å²) in [6.07, 6.45) is 0. The van der Waals surface area contributed by atoms with Crippen LogP contribution in [-0.4, -0.2) is 13.5 Å². The van der Waals surface area contributed by atoms with Gasteiger partial charge >= 0.3 is 0 Å². The molecule has 0 radical (unpaired) electrons. The monoisotopic (exact) mass is 355 g/mol. The van der Waals surface area contributed by atoms with Crippen LogP contribution >= 0.6 is 15.9 Å². The molecule has 0 unspecified atom stereocenters. The Morgan fingerprint density at radius 2 is 1.95 bits per heavy atom. The van der Waals surface area contributed by atoms with Crippen LogP contribution in [0.3, 0.4) is 0 Å². The Balaban J connectivity index is 2.38. The molecule has 0 aliphatic carbocycles. The van der Waals surface area contributed by atoms with E-state index in [4.69, 9.17) is 5.11 Å². The first-order valence-electron chi connectivity index (χ1n) is 5.91. The van der Waals surface area contributed by atoms with Crippen molar-refractivity contribution in [3.8, 4) is 0 Å². The van der Waals surface area contributed by atoms with Crippen LogP contribution in [0.15, 0.2) is 51.8 Å². The molecule has 4 nitrogen and oxygen atoms in total. The van der Waals surface area contributed by atoms with Gasteiger partial charge in [0, 0.05) is 10.2 Å². The van der Waals surface area contributed by atoms with Gasteiger partial charge in [-0.2, -0.15) is 0 Å². The summed E-state index contributed by atoms with van der Waals surface area (Å²) in [6, 6.07) is 11.8. The van der Waals surface area contributed by atoms with Crippen LogP contribution in [0.1, 0.15) is 11.1 Å². The third-order valence-electron chi connectivity index (χ3n) is 2.80. The van der Waals surface area contributed by atoms with Crippen LogP contribution in [0.5, 0.6) is 0 Å². The molecule has 6 heteroatoms. The summed E-state index contributed by atoms with van der Waals surface area (Å²) in [4.78, 5) is 0.223. The molecular weight excluding hydrogens is 342 g/mol. The second-order valence-electron chi connectivity index (χ2n) is 4.37. The lowest BCUT2D eigenvalue weighted by atomic mass is 10.2. The van der Waals surface area contributed by atoms with Gasteiger partial charge in [-0.3, -0.25) is 4.72 Å². The van der Waals surface area contributed by atoms with Gasteiger partial charge in [-0.05, 0) is 42.3 Å². The van der Waals surface area contributed by atoms with Gasteiger partial charge in [0.05, 0.1) is 11.5 Å². The lowest BCUT2D eigenvalue weighted by Gasteiger charge is -2.11. The van der Waals surface area contributed by atoms with Gasteiger partial charge in [0.15, 0.2) is 0 Å². The van der Waals surface area contributed by atoms with Crippen molar-refractivity contribution in [2.45, 2.75) is 18.4 Å². The molecule has 0 bridgehead atoms. The number of anilines is 1. The number of hydrogen-bond donors (Lipinski definition) is 2. The minimum atomic E-state index is -3.65. The fourth-order valence-corrected chi connectivity index (χ4v) is 3.64. The molecule has 2 aromatic carbocycles. The number of aliphatic hydroxyl groups is 1. The summed E-state index contributed by atoms with van der Waals surface area (Å²) >= 11 is 3.27. The van der Waals surface area contributed by atoms with Crippen molar-refractivity contribution in [2.75, 3.05) is 4.72 Å². The largest absolute Gasteiger partial charge is 0.392 e. The molecule has 0 saturated carbocycles. The number of aliphatic hydroxyl groups excluding tert-OH is 1. The van der Waals surface area contributed by atoms with Crippen LogP contribution in [0.25, 0.3) is 0 Å². The molecule has 106 valence electrons. The van der Waals surface area contributed by atoms with E-state index in [1.165, 1.54) is 0 Å². The number of halogens is 1. The highest BCUT2D eigenvalue weighted by molar-refractivity contribution is 9.10. The first-order valence-corrected chi connectivity index (χ1v) is 8.19. The lowest BCUT2D eigenvalue weighted by molar-refractivity contribution is 0.282. The Morgan fingerprint density at radius 1 is 1.20 bits per heavy atom. The van der Waals surface area contributed by atoms with Crippen LogP contribution in [-0.2, 0) is 16.6 Å². The van der Waals surface area contributed by atoms with Gasteiger partial charge in [-0.1, -0.05) is 34.1 Å². The Kier molecular flexibility index (Phi) is 4.47. The minimum absolute atomic E-state index is 0.133. The number of benzene rings is 2. The summed E-state index contributed by atoms with van der Waals surface area (Å²) in [5, 5.41) is 9.07. The van der Waals surface area contributed by atoms with Crippen LogP contribution in [0.2, 0.25) is 0 Å². The first kappa shape index (κ1) is 15.0. The first-order chi connectivity index (χ1) is 9.42. The average Bonchev–Trinajstić information content (AvgIpc) is 2.41. The van der Waals surface area contributed by atoms with Crippen molar-refractivity contribution >= 4 is 31.6 Å². The molecule has 0 saturated heterocycles. The van der Waals surface area contributed by atoms with E-state index in [-0.39, 0.29) is 11.5 Å². The number of hydrogen-bond acceptors (Lipinski definition) is 3. The molecular formula is C14H14BrNO3S. The van der Waals surface area contributed by atoms with Crippen LogP contribution in [0.4, 0.5) is 5.69 Å². The van der Waals surface area contributed by atoms with Gasteiger partial charge < -0.3 is 5.11 Å². The summed E-state index contributed by atoms with van der Waals surface area (Å²) in [6.45, 7) is 1.61. The zero-order chi connectivity index (χ0) is 14.8. The van der Waals surface area contributed by atoms with E-state index in [0.717, 1.165) is 0 Å². The van der Waals surface area contributed by atoms with E-state index >= 15 is 0 Å². The van der Waals surface area contributed by atoms with E-state index < -0.39 is 10.0 Å². The van der Waals surface area contributed by atoms with Crippen LogP contribution in [0, 0.1) is 6.92 Å². The Morgan fingerprint density at radius 3 is 2.65 bits per heavy atom. The topological polar surface area (TPSA) is 66.4 Å². The van der Waals surface area contributed by atoms with Gasteiger partial charge in [-0.15, -0.1) is 0 Å². The third-order valence-corrected chi connectivity index (χ3v) is 4.82. The number of aryl methyl sites for hydroxylation is 1. The summed E-state index contributed by atoms with van der Waals surface area (Å²) in [5.41, 5.74) is 1.74. The molecule has 0 fully saturated rings. The Hall–Kier alpha value is -1.37. The molecule has 20 heavy (non-hydrogen) atoms. The highest BCUT2D eigenvalue weighted by Gasteiger charge is 2.17. The Bertz CT molecular complexity index is 729. The maximum atomic E-state index is 12.4. The van der Waals surface area contributed by atoms with Crippen molar-refractivity contribution < 1.29 is 13.5 Å². The lowest BCUT2D eigenvalue weighted by Crippen LogP contribution is -2.14. The molecule has 2 aromatic rings. The molecule has 2 N–H and O–H groups in total. The van der Waals surface area contributed by atoms with E-state index in [0.29, 0.717) is 21.3 Å². The zero-order valence-electron chi connectivity index (χ0n) is 10.8. The molecule has 0 atom stereocenters. The molecule has 0 aliphatic rings. The fourth-order valence-electron chi connectivity index (χ4n) is 1.81. The average molecular weight is 356 g/mol. The number of sulfonamides is 1. The maximum Gasteiger partial charge on any atom is 0.262 e. The van der Waals surface area contributed by atoms with Gasteiger partial charge in [-0.25, -0.2) is 8.42 Å². The number of rotatable bonds is 4. The molecule has 0 aromatic heterocycles. The fraction of sp³-hybridized carbons (Fsp3) is 0.143. The normalized spacial score (nSPS) is 11.3. The Labute approximate surface area is 126 Å². The number of nitrogens with one attached hydrogen (secondary N) is 1. The van der Waals surface area contributed by atoms with Crippen LogP contribution < -0.4 is 4.72 Å². The minimum Gasteiger partial charge on any atom is -0.392 e. The summed E-state index contributed by atoms with van der Waals surface area (Å²) < 4.78 is 28.0. The molecule has 0 spiro atoms. The highest BCUT2D eigenvalue weighted by Crippen LogP contribution is 2.23. The van der Waals surface area contributed by atoms with E-state index in [1.807, 2.05) is 0 Å². The molecule has 2 rings (SSSR count). The molecule has 0 heterocycles. The molecule has 0 aliphatic heterocycles. The summed E-state index contributed by atoms with van der Waals surface area (Å²) in [5.74, 6) is 0.